The van der Waals surface area contributed by atoms with Crippen LogP contribution < -0.4 is 5.32 Å². The summed E-state index contributed by atoms with van der Waals surface area (Å²) in [6.45, 7) is 14.7. The van der Waals surface area contributed by atoms with Crippen molar-refractivity contribution >= 4 is 5.91 Å². The van der Waals surface area contributed by atoms with Gasteiger partial charge in [-0.05, 0) is 53.1 Å². The number of carbonyl (C=O) groups excluding carboxylic acids is 1. The Hall–Kier alpha value is -0.610. The van der Waals surface area contributed by atoms with Crippen molar-refractivity contribution < 1.29 is 4.79 Å². The number of likely N-dealkylation sites (N-methyl/N-ethyl adjacent to an activating group) is 1. The Morgan fingerprint density at radius 3 is 2.30 bits per heavy atom. The Morgan fingerprint density at radius 2 is 1.80 bits per heavy atom. The van der Waals surface area contributed by atoms with E-state index in [-0.39, 0.29) is 11.9 Å². The van der Waals surface area contributed by atoms with Gasteiger partial charge in [0.1, 0.15) is 0 Å². The van der Waals surface area contributed by atoms with Crippen molar-refractivity contribution in [3.8, 4) is 0 Å². The Morgan fingerprint density at radius 1 is 1.25 bits per heavy atom. The van der Waals surface area contributed by atoms with E-state index in [0.29, 0.717) is 12.1 Å². The molecule has 0 saturated carbocycles. The molecule has 0 aliphatic carbocycles. The smallest absolute Gasteiger partial charge is 0.239 e. The average molecular weight is 283 g/mol. The second kappa shape index (κ2) is 8.63. The van der Waals surface area contributed by atoms with E-state index in [1.165, 1.54) is 6.42 Å². The molecule has 0 radical (unpaired) electrons. The lowest BCUT2D eigenvalue weighted by atomic mass is 9.96. The van der Waals surface area contributed by atoms with Crippen LogP contribution in [0.25, 0.3) is 0 Å². The molecule has 0 aromatic rings. The normalized spacial score (nSPS) is 25.0. The molecule has 1 rings (SSSR count). The van der Waals surface area contributed by atoms with Gasteiger partial charge >= 0.3 is 0 Å². The van der Waals surface area contributed by atoms with Crippen LogP contribution in [0.15, 0.2) is 0 Å². The van der Waals surface area contributed by atoms with Crippen molar-refractivity contribution in [3.05, 3.63) is 0 Å². The third kappa shape index (κ3) is 4.74. The first kappa shape index (κ1) is 17.4. The SMILES string of the molecule is CCN(CC)CCN[C@@H](C)C(=O)N1[C@@H](C)CCC[C@@H]1C. The molecule has 0 bridgehead atoms. The molecular formula is C16H33N3O. The summed E-state index contributed by atoms with van der Waals surface area (Å²) < 4.78 is 0. The fourth-order valence-electron chi connectivity index (χ4n) is 3.15. The first-order chi connectivity index (χ1) is 9.51. The van der Waals surface area contributed by atoms with Crippen molar-refractivity contribution in [2.24, 2.45) is 0 Å². The Bertz CT molecular complexity index is 281. The third-order valence-corrected chi connectivity index (χ3v) is 4.59. The lowest BCUT2D eigenvalue weighted by Crippen LogP contribution is -2.54. The fourth-order valence-corrected chi connectivity index (χ4v) is 3.15. The molecule has 0 unspecified atom stereocenters. The summed E-state index contributed by atoms with van der Waals surface area (Å²) in [5.74, 6) is 0.268. The molecule has 20 heavy (non-hydrogen) atoms. The van der Waals surface area contributed by atoms with Gasteiger partial charge in [0.2, 0.25) is 5.91 Å². The number of hydrogen-bond donors (Lipinski definition) is 1. The molecule has 4 heteroatoms. The number of rotatable bonds is 7. The van der Waals surface area contributed by atoms with Crippen molar-refractivity contribution in [1.29, 1.82) is 0 Å². The van der Waals surface area contributed by atoms with Crippen molar-refractivity contribution in [3.63, 3.8) is 0 Å². The van der Waals surface area contributed by atoms with E-state index in [9.17, 15) is 4.79 Å². The molecule has 1 fully saturated rings. The van der Waals surface area contributed by atoms with Gasteiger partial charge < -0.3 is 15.1 Å². The fraction of sp³-hybridized carbons (Fsp3) is 0.938. The van der Waals surface area contributed by atoms with E-state index in [1.807, 2.05) is 6.92 Å². The summed E-state index contributed by atoms with van der Waals surface area (Å²) in [5.41, 5.74) is 0. The Kier molecular flexibility index (Phi) is 7.52. The molecule has 1 N–H and O–H groups in total. The number of nitrogens with zero attached hydrogens (tertiary/aromatic N) is 2. The van der Waals surface area contributed by atoms with Gasteiger partial charge in [0.25, 0.3) is 0 Å². The lowest BCUT2D eigenvalue weighted by molar-refractivity contribution is -0.139. The molecule has 1 aliphatic rings. The van der Waals surface area contributed by atoms with Crippen LogP contribution in [-0.2, 0) is 4.79 Å². The Labute approximate surface area is 124 Å². The van der Waals surface area contributed by atoms with E-state index in [2.05, 4.69) is 42.8 Å². The van der Waals surface area contributed by atoms with Gasteiger partial charge in [-0.25, -0.2) is 0 Å². The number of piperidine rings is 1. The zero-order valence-corrected chi connectivity index (χ0v) is 14.0. The number of hydrogen-bond acceptors (Lipinski definition) is 3. The molecule has 1 saturated heterocycles. The highest BCUT2D eigenvalue weighted by atomic mass is 16.2. The van der Waals surface area contributed by atoms with Gasteiger partial charge in [0.15, 0.2) is 0 Å². The van der Waals surface area contributed by atoms with Crippen LogP contribution in [-0.4, -0.2) is 60.0 Å². The summed E-state index contributed by atoms with van der Waals surface area (Å²) >= 11 is 0. The van der Waals surface area contributed by atoms with Crippen LogP contribution in [0.4, 0.5) is 0 Å². The first-order valence-electron chi connectivity index (χ1n) is 8.29. The molecule has 4 nitrogen and oxygen atoms in total. The van der Waals surface area contributed by atoms with Crippen LogP contribution in [0, 0.1) is 0 Å². The van der Waals surface area contributed by atoms with Crippen LogP contribution in [0.2, 0.25) is 0 Å². The van der Waals surface area contributed by atoms with Gasteiger partial charge in [-0.1, -0.05) is 13.8 Å². The van der Waals surface area contributed by atoms with Crippen LogP contribution in [0.5, 0.6) is 0 Å². The van der Waals surface area contributed by atoms with Crippen LogP contribution in [0.3, 0.4) is 0 Å². The van der Waals surface area contributed by atoms with Crippen LogP contribution >= 0.6 is 0 Å². The molecule has 118 valence electrons. The number of likely N-dealkylation sites (tertiary alicyclic amines) is 1. The zero-order valence-electron chi connectivity index (χ0n) is 14.0. The molecular weight excluding hydrogens is 250 g/mol. The van der Waals surface area contributed by atoms with Crippen molar-refractivity contribution in [1.82, 2.24) is 15.1 Å². The second-order valence-corrected chi connectivity index (χ2v) is 6.08. The minimum absolute atomic E-state index is 0.0754. The Balaban J connectivity index is 2.41. The number of nitrogens with one attached hydrogen (secondary N) is 1. The summed E-state index contributed by atoms with van der Waals surface area (Å²) in [5, 5.41) is 3.39. The van der Waals surface area contributed by atoms with Gasteiger partial charge in [-0.15, -0.1) is 0 Å². The zero-order chi connectivity index (χ0) is 15.1. The summed E-state index contributed by atoms with van der Waals surface area (Å²) in [6, 6.07) is 0.699. The highest BCUT2D eigenvalue weighted by Gasteiger charge is 2.31. The van der Waals surface area contributed by atoms with Gasteiger partial charge in [-0.2, -0.15) is 0 Å². The third-order valence-electron chi connectivity index (χ3n) is 4.59. The maximum Gasteiger partial charge on any atom is 0.239 e. The van der Waals surface area contributed by atoms with E-state index in [1.54, 1.807) is 0 Å². The van der Waals surface area contributed by atoms with Gasteiger partial charge in [-0.3, -0.25) is 4.79 Å². The van der Waals surface area contributed by atoms with Crippen LogP contribution in [0.1, 0.15) is 53.9 Å². The standard InChI is InChI=1S/C16H33N3O/c1-6-18(7-2)12-11-17-15(5)16(20)19-13(3)9-8-10-14(19)4/h13-15,17H,6-12H2,1-5H3/t13-,14-,15-/m0/s1. The topological polar surface area (TPSA) is 35.6 Å². The molecule has 0 aromatic carbocycles. The van der Waals surface area contributed by atoms with Crippen molar-refractivity contribution in [2.75, 3.05) is 26.2 Å². The maximum absolute atomic E-state index is 12.6. The molecule has 0 aromatic heterocycles. The number of carbonyl (C=O) groups is 1. The van der Waals surface area contributed by atoms with E-state index in [0.717, 1.165) is 39.0 Å². The second-order valence-electron chi connectivity index (χ2n) is 6.08. The molecule has 1 amide bonds. The molecule has 3 atom stereocenters. The van der Waals surface area contributed by atoms with Gasteiger partial charge in [0.05, 0.1) is 6.04 Å². The average Bonchev–Trinajstić information content (AvgIpc) is 2.43. The highest BCUT2D eigenvalue weighted by Crippen LogP contribution is 2.23. The monoisotopic (exact) mass is 283 g/mol. The molecule has 1 heterocycles. The quantitative estimate of drug-likeness (QED) is 0.777. The minimum atomic E-state index is -0.0754. The summed E-state index contributed by atoms with van der Waals surface area (Å²) in [7, 11) is 0. The minimum Gasteiger partial charge on any atom is -0.336 e. The maximum atomic E-state index is 12.6. The van der Waals surface area contributed by atoms with Crippen molar-refractivity contribution in [2.45, 2.75) is 72.0 Å². The van der Waals surface area contributed by atoms with E-state index >= 15 is 0 Å². The predicted molar refractivity (Wildman–Crippen MR) is 84.9 cm³/mol. The predicted octanol–water partition coefficient (Wildman–Crippen LogP) is 2.10. The van der Waals surface area contributed by atoms with E-state index in [4.69, 9.17) is 0 Å². The molecule has 0 spiro atoms. The van der Waals surface area contributed by atoms with Gasteiger partial charge in [0, 0.05) is 25.2 Å². The number of amides is 1. The van der Waals surface area contributed by atoms with E-state index < -0.39 is 0 Å². The largest absolute Gasteiger partial charge is 0.336 e. The molecule has 1 aliphatic heterocycles. The highest BCUT2D eigenvalue weighted by molar-refractivity contribution is 5.82. The first-order valence-corrected chi connectivity index (χ1v) is 8.29. The summed E-state index contributed by atoms with van der Waals surface area (Å²) in [6.07, 6.45) is 3.53. The lowest BCUT2D eigenvalue weighted by Gasteiger charge is -2.40. The summed E-state index contributed by atoms with van der Waals surface area (Å²) in [4.78, 5) is 17.1.